The quantitative estimate of drug-likeness (QED) is 0.838. The molecule has 0 aliphatic carbocycles. The van der Waals surface area contributed by atoms with Crippen LogP contribution in [-0.4, -0.2) is 18.6 Å². The van der Waals surface area contributed by atoms with Crippen molar-refractivity contribution >= 4 is 15.9 Å². The highest BCUT2D eigenvalue weighted by Gasteiger charge is 2.19. The van der Waals surface area contributed by atoms with Crippen molar-refractivity contribution in [3.05, 3.63) is 64.3 Å². The highest BCUT2D eigenvalue weighted by Crippen LogP contribution is 2.26. The van der Waals surface area contributed by atoms with Crippen LogP contribution >= 0.6 is 0 Å². The van der Waals surface area contributed by atoms with Crippen LogP contribution < -0.4 is 0 Å². The molecule has 0 aliphatic heterocycles. The first-order valence-corrected chi connectivity index (χ1v) is 8.08. The van der Waals surface area contributed by atoms with Crippen molar-refractivity contribution in [1.82, 2.24) is 0 Å². The van der Waals surface area contributed by atoms with E-state index in [9.17, 15) is 23.0 Å². The fourth-order valence-electron chi connectivity index (χ4n) is 1.86. The summed E-state index contributed by atoms with van der Waals surface area (Å²) in [6.45, 7) is 0. The number of rotatable bonds is 4. The summed E-state index contributed by atoms with van der Waals surface area (Å²) >= 11 is 0. The number of aromatic hydroxyl groups is 2. The summed E-state index contributed by atoms with van der Waals surface area (Å²) < 4.78 is 37.4. The Morgan fingerprint density at radius 1 is 1.17 bits per heavy atom. The number of hydrogen-bond acceptors (Lipinski definition) is 5. The minimum Gasteiger partial charge on any atom is -0.508 e. The van der Waals surface area contributed by atoms with Crippen molar-refractivity contribution in [3.63, 3.8) is 0 Å². The van der Waals surface area contributed by atoms with Gasteiger partial charge in [0.2, 0.25) is 0 Å². The summed E-state index contributed by atoms with van der Waals surface area (Å²) in [5.74, 6) is -1.50. The van der Waals surface area contributed by atoms with Gasteiger partial charge in [-0.15, -0.1) is 0 Å². The average molecular weight is 333 g/mol. The highest BCUT2D eigenvalue weighted by atomic mass is 32.2. The first-order chi connectivity index (χ1) is 10.8. The molecule has 7 heteroatoms. The average Bonchev–Trinajstić information content (AvgIpc) is 2.48. The van der Waals surface area contributed by atoms with Crippen LogP contribution in [0, 0.1) is 17.1 Å². The van der Waals surface area contributed by atoms with Gasteiger partial charge in [-0.25, -0.2) is 12.8 Å². The highest BCUT2D eigenvalue weighted by molar-refractivity contribution is 7.95. The van der Waals surface area contributed by atoms with E-state index in [1.807, 2.05) is 0 Å². The van der Waals surface area contributed by atoms with Gasteiger partial charge in [-0.1, -0.05) is 12.1 Å². The van der Waals surface area contributed by atoms with Gasteiger partial charge in [0, 0.05) is 11.6 Å². The van der Waals surface area contributed by atoms with E-state index in [0.29, 0.717) is 5.56 Å². The largest absolute Gasteiger partial charge is 0.508 e. The predicted molar refractivity (Wildman–Crippen MR) is 82.4 cm³/mol. The minimum atomic E-state index is -3.96. The van der Waals surface area contributed by atoms with Crippen LogP contribution in [-0.2, 0) is 15.6 Å². The lowest BCUT2D eigenvalue weighted by Crippen LogP contribution is -2.06. The Morgan fingerprint density at radius 2 is 1.83 bits per heavy atom. The molecule has 5 nitrogen and oxygen atoms in total. The van der Waals surface area contributed by atoms with Crippen LogP contribution in [0.3, 0.4) is 0 Å². The molecule has 0 unspecified atom stereocenters. The standard InChI is InChI=1S/C16H12FNO4S/c17-13-4-1-11(2-5-13)10-23(21,22)15(9-18)7-12-3-6-14(19)8-16(12)20/h1-8,19-20H,10H2/b15-7-. The number of sulfone groups is 1. The zero-order valence-corrected chi connectivity index (χ0v) is 12.6. The van der Waals surface area contributed by atoms with Gasteiger partial charge < -0.3 is 10.2 Å². The van der Waals surface area contributed by atoms with Gasteiger partial charge in [0.05, 0.1) is 5.75 Å². The molecule has 0 bridgehead atoms. The van der Waals surface area contributed by atoms with Gasteiger partial charge in [-0.2, -0.15) is 5.26 Å². The van der Waals surface area contributed by atoms with E-state index in [1.165, 1.54) is 24.3 Å². The molecular formula is C16H12FNO4S. The molecule has 2 aromatic carbocycles. The summed E-state index contributed by atoms with van der Waals surface area (Å²) in [4.78, 5) is -0.539. The van der Waals surface area contributed by atoms with Crippen LogP contribution in [0.15, 0.2) is 47.4 Å². The number of nitrogens with zero attached hydrogens (tertiary/aromatic N) is 1. The molecule has 0 radical (unpaired) electrons. The number of nitriles is 1. The topological polar surface area (TPSA) is 98.4 Å². The Balaban J connectivity index is 2.37. The first-order valence-electron chi connectivity index (χ1n) is 6.43. The lowest BCUT2D eigenvalue weighted by molar-refractivity contribution is 0.450. The van der Waals surface area contributed by atoms with Gasteiger partial charge in [0.15, 0.2) is 9.84 Å². The summed E-state index contributed by atoms with van der Waals surface area (Å²) in [5.41, 5.74) is 0.421. The molecule has 2 N–H and O–H groups in total. The smallest absolute Gasteiger partial charge is 0.192 e. The Morgan fingerprint density at radius 3 is 2.39 bits per heavy atom. The van der Waals surface area contributed by atoms with E-state index in [0.717, 1.165) is 24.3 Å². The number of benzene rings is 2. The van der Waals surface area contributed by atoms with Crippen molar-refractivity contribution < 1.29 is 23.0 Å². The normalized spacial score (nSPS) is 11.9. The molecular weight excluding hydrogens is 321 g/mol. The molecule has 0 atom stereocenters. The summed E-state index contributed by atoms with van der Waals surface area (Å²) in [6, 6.07) is 10.1. The predicted octanol–water partition coefficient (Wildman–Crippen LogP) is 2.72. The van der Waals surface area contributed by atoms with Gasteiger partial charge >= 0.3 is 0 Å². The van der Waals surface area contributed by atoms with Crippen LogP contribution in [0.4, 0.5) is 4.39 Å². The molecule has 0 fully saturated rings. The zero-order valence-electron chi connectivity index (χ0n) is 11.8. The van der Waals surface area contributed by atoms with Crippen molar-refractivity contribution in [2.75, 3.05) is 0 Å². The van der Waals surface area contributed by atoms with E-state index in [-0.39, 0.29) is 17.1 Å². The van der Waals surface area contributed by atoms with E-state index >= 15 is 0 Å². The molecule has 0 aromatic heterocycles. The Hall–Kier alpha value is -2.85. The maximum Gasteiger partial charge on any atom is 0.192 e. The Kier molecular flexibility index (Phi) is 4.67. The second-order valence-corrected chi connectivity index (χ2v) is 6.71. The number of hydrogen-bond donors (Lipinski definition) is 2. The maximum absolute atomic E-state index is 12.8. The van der Waals surface area contributed by atoms with Crippen LogP contribution in [0.2, 0.25) is 0 Å². The molecule has 118 valence electrons. The van der Waals surface area contributed by atoms with Gasteiger partial charge in [-0.3, -0.25) is 0 Å². The van der Waals surface area contributed by atoms with Gasteiger partial charge in [0.25, 0.3) is 0 Å². The van der Waals surface area contributed by atoms with Crippen LogP contribution in [0.5, 0.6) is 11.5 Å². The van der Waals surface area contributed by atoms with Crippen molar-refractivity contribution in [3.8, 4) is 17.6 Å². The maximum atomic E-state index is 12.8. The van der Waals surface area contributed by atoms with E-state index in [4.69, 9.17) is 5.26 Å². The molecule has 0 aliphatic rings. The van der Waals surface area contributed by atoms with Gasteiger partial charge in [0.1, 0.15) is 28.3 Å². The van der Waals surface area contributed by atoms with E-state index in [1.54, 1.807) is 6.07 Å². The van der Waals surface area contributed by atoms with E-state index < -0.39 is 26.3 Å². The molecule has 2 rings (SSSR count). The fourth-order valence-corrected chi connectivity index (χ4v) is 3.10. The SMILES string of the molecule is N#C/C(=C/c1ccc(O)cc1O)S(=O)(=O)Cc1ccc(F)cc1. The number of phenolic OH excluding ortho intramolecular Hbond substituents is 2. The summed E-state index contributed by atoms with van der Waals surface area (Å²) in [7, 11) is -3.96. The Bertz CT molecular complexity index is 897. The second kappa shape index (κ2) is 6.50. The Labute approximate surface area is 132 Å². The second-order valence-electron chi connectivity index (χ2n) is 4.75. The summed E-state index contributed by atoms with van der Waals surface area (Å²) in [6.07, 6.45) is 1.02. The molecule has 0 saturated heterocycles. The fraction of sp³-hybridized carbons (Fsp3) is 0.0625. The van der Waals surface area contributed by atoms with Crippen molar-refractivity contribution in [1.29, 1.82) is 5.26 Å². The lowest BCUT2D eigenvalue weighted by atomic mass is 10.2. The zero-order chi connectivity index (χ0) is 17.0. The molecule has 0 saturated carbocycles. The monoisotopic (exact) mass is 333 g/mol. The minimum absolute atomic E-state index is 0.0852. The number of halogens is 1. The first kappa shape index (κ1) is 16.5. The summed E-state index contributed by atoms with van der Waals surface area (Å²) in [5, 5.41) is 28.0. The molecule has 0 spiro atoms. The molecule has 2 aromatic rings. The number of phenols is 2. The van der Waals surface area contributed by atoms with Crippen LogP contribution in [0.1, 0.15) is 11.1 Å². The van der Waals surface area contributed by atoms with E-state index in [2.05, 4.69) is 0 Å². The molecule has 0 heterocycles. The van der Waals surface area contributed by atoms with Crippen molar-refractivity contribution in [2.45, 2.75) is 5.75 Å². The molecule has 23 heavy (non-hydrogen) atoms. The molecule has 0 amide bonds. The van der Waals surface area contributed by atoms with Gasteiger partial charge in [-0.05, 0) is 35.9 Å². The lowest BCUT2D eigenvalue weighted by Gasteiger charge is -2.05. The number of allylic oxidation sites excluding steroid dienone is 1. The third kappa shape index (κ3) is 4.08. The van der Waals surface area contributed by atoms with Crippen LogP contribution in [0.25, 0.3) is 6.08 Å². The van der Waals surface area contributed by atoms with Crippen molar-refractivity contribution in [2.24, 2.45) is 0 Å². The third-order valence-corrected chi connectivity index (χ3v) is 4.61. The third-order valence-electron chi connectivity index (χ3n) is 3.02.